The summed E-state index contributed by atoms with van der Waals surface area (Å²) in [5.74, 6) is -0.215. The SMILES string of the molecule is Cc1ccc([C@@H](CN2CCOCC2)NC(=O)Cn2cnc3ccccc3c2=O)cc1. The molecule has 0 unspecified atom stereocenters. The Morgan fingerprint density at radius 3 is 2.63 bits per heavy atom. The van der Waals surface area contributed by atoms with Gasteiger partial charge in [0.25, 0.3) is 5.56 Å². The van der Waals surface area contributed by atoms with E-state index < -0.39 is 0 Å². The lowest BCUT2D eigenvalue weighted by Crippen LogP contribution is -2.44. The second-order valence-corrected chi connectivity index (χ2v) is 7.64. The summed E-state index contributed by atoms with van der Waals surface area (Å²) in [7, 11) is 0. The smallest absolute Gasteiger partial charge is 0.261 e. The highest BCUT2D eigenvalue weighted by molar-refractivity contribution is 5.79. The molecule has 0 aliphatic carbocycles. The van der Waals surface area contributed by atoms with E-state index in [0.29, 0.717) is 30.7 Å². The van der Waals surface area contributed by atoms with E-state index in [9.17, 15) is 9.59 Å². The van der Waals surface area contributed by atoms with Crippen molar-refractivity contribution in [2.45, 2.75) is 19.5 Å². The normalized spacial score (nSPS) is 15.8. The first-order valence-electron chi connectivity index (χ1n) is 10.2. The summed E-state index contributed by atoms with van der Waals surface area (Å²) in [4.78, 5) is 32.1. The Kier molecular flexibility index (Phi) is 6.21. The van der Waals surface area contributed by atoms with Gasteiger partial charge < -0.3 is 10.1 Å². The van der Waals surface area contributed by atoms with Crippen molar-refractivity contribution in [1.82, 2.24) is 19.8 Å². The molecule has 1 saturated heterocycles. The van der Waals surface area contributed by atoms with Gasteiger partial charge in [0.15, 0.2) is 0 Å². The van der Waals surface area contributed by atoms with Gasteiger partial charge in [-0.15, -0.1) is 0 Å². The molecule has 1 aromatic heterocycles. The number of hydrogen-bond donors (Lipinski definition) is 1. The lowest BCUT2D eigenvalue weighted by molar-refractivity contribution is -0.122. The fourth-order valence-electron chi connectivity index (χ4n) is 3.69. The molecule has 30 heavy (non-hydrogen) atoms. The summed E-state index contributed by atoms with van der Waals surface area (Å²) in [6.45, 7) is 5.75. The van der Waals surface area contributed by atoms with Gasteiger partial charge in [-0.2, -0.15) is 0 Å². The number of amides is 1. The quantitative estimate of drug-likeness (QED) is 0.677. The Bertz CT molecular complexity index is 1070. The van der Waals surface area contributed by atoms with Gasteiger partial charge in [0.05, 0.1) is 36.5 Å². The molecule has 1 N–H and O–H groups in total. The molecule has 1 aliphatic rings. The number of nitrogens with one attached hydrogen (secondary N) is 1. The third kappa shape index (κ3) is 4.75. The van der Waals surface area contributed by atoms with Gasteiger partial charge in [-0.1, -0.05) is 42.0 Å². The molecule has 3 aromatic rings. The minimum absolute atomic E-state index is 0.0673. The zero-order valence-corrected chi connectivity index (χ0v) is 17.1. The van der Waals surface area contributed by atoms with Crippen molar-refractivity contribution in [1.29, 1.82) is 0 Å². The lowest BCUT2D eigenvalue weighted by Gasteiger charge is -2.31. The standard InChI is InChI=1S/C23H26N4O3/c1-17-6-8-18(9-7-17)21(14-26-10-12-30-13-11-26)25-22(28)15-27-16-24-20-5-3-2-4-19(20)23(27)29/h2-9,16,21H,10-15H2,1H3,(H,25,28)/t21-/m1/s1. The van der Waals surface area contributed by atoms with E-state index >= 15 is 0 Å². The van der Waals surface area contributed by atoms with Crippen molar-refractivity contribution in [3.8, 4) is 0 Å². The molecule has 1 amide bonds. The molecule has 0 bridgehead atoms. The molecular formula is C23H26N4O3. The van der Waals surface area contributed by atoms with E-state index in [-0.39, 0.29) is 24.1 Å². The van der Waals surface area contributed by atoms with Crippen LogP contribution in [0.4, 0.5) is 0 Å². The summed E-state index contributed by atoms with van der Waals surface area (Å²) in [5.41, 5.74) is 2.63. The van der Waals surface area contributed by atoms with Crippen molar-refractivity contribution in [2.75, 3.05) is 32.8 Å². The molecule has 0 saturated carbocycles. The third-order valence-corrected chi connectivity index (χ3v) is 5.40. The highest BCUT2D eigenvalue weighted by Crippen LogP contribution is 2.16. The van der Waals surface area contributed by atoms with Crippen LogP contribution in [0.2, 0.25) is 0 Å². The number of fused-ring (bicyclic) bond motifs is 1. The Morgan fingerprint density at radius 2 is 1.87 bits per heavy atom. The molecule has 156 valence electrons. The van der Waals surface area contributed by atoms with Gasteiger partial charge >= 0.3 is 0 Å². The maximum atomic E-state index is 12.9. The molecule has 7 heteroatoms. The van der Waals surface area contributed by atoms with Crippen molar-refractivity contribution in [3.05, 3.63) is 76.3 Å². The largest absolute Gasteiger partial charge is 0.379 e. The first-order chi connectivity index (χ1) is 14.6. The summed E-state index contributed by atoms with van der Waals surface area (Å²) in [5, 5.41) is 3.63. The van der Waals surface area contributed by atoms with Crippen LogP contribution in [0.1, 0.15) is 17.2 Å². The number of nitrogens with zero attached hydrogens (tertiary/aromatic N) is 3. The molecule has 1 fully saturated rings. The van der Waals surface area contributed by atoms with Crippen molar-refractivity contribution in [3.63, 3.8) is 0 Å². The predicted octanol–water partition coefficient (Wildman–Crippen LogP) is 1.89. The lowest BCUT2D eigenvalue weighted by atomic mass is 10.0. The predicted molar refractivity (Wildman–Crippen MR) is 115 cm³/mol. The van der Waals surface area contributed by atoms with Crippen molar-refractivity contribution < 1.29 is 9.53 Å². The fourth-order valence-corrected chi connectivity index (χ4v) is 3.69. The fraction of sp³-hybridized carbons (Fsp3) is 0.348. The molecule has 2 aromatic carbocycles. The van der Waals surface area contributed by atoms with E-state index in [1.165, 1.54) is 16.5 Å². The van der Waals surface area contributed by atoms with E-state index in [0.717, 1.165) is 18.7 Å². The summed E-state index contributed by atoms with van der Waals surface area (Å²) in [6, 6.07) is 15.2. The Hall–Kier alpha value is -3.03. The van der Waals surface area contributed by atoms with Crippen LogP contribution in [0.5, 0.6) is 0 Å². The van der Waals surface area contributed by atoms with Gasteiger partial charge in [0.2, 0.25) is 5.91 Å². The van der Waals surface area contributed by atoms with Crippen molar-refractivity contribution in [2.24, 2.45) is 0 Å². The monoisotopic (exact) mass is 406 g/mol. The van der Waals surface area contributed by atoms with E-state index in [2.05, 4.69) is 15.2 Å². The summed E-state index contributed by atoms with van der Waals surface area (Å²) < 4.78 is 6.80. The summed E-state index contributed by atoms with van der Waals surface area (Å²) in [6.07, 6.45) is 1.44. The van der Waals surface area contributed by atoms with E-state index in [1.807, 2.05) is 37.3 Å². The average molecular weight is 406 g/mol. The maximum absolute atomic E-state index is 12.9. The minimum Gasteiger partial charge on any atom is -0.379 e. The van der Waals surface area contributed by atoms with Crippen LogP contribution >= 0.6 is 0 Å². The number of ether oxygens (including phenoxy) is 1. The maximum Gasteiger partial charge on any atom is 0.261 e. The van der Waals surface area contributed by atoms with Crippen LogP contribution in [0.25, 0.3) is 10.9 Å². The average Bonchev–Trinajstić information content (AvgIpc) is 2.77. The third-order valence-electron chi connectivity index (χ3n) is 5.40. The zero-order chi connectivity index (χ0) is 20.9. The van der Waals surface area contributed by atoms with Crippen LogP contribution in [-0.2, 0) is 16.1 Å². The first kappa shape index (κ1) is 20.3. The molecule has 0 radical (unpaired) electrons. The molecule has 2 heterocycles. The number of benzene rings is 2. The van der Waals surface area contributed by atoms with Crippen LogP contribution in [0, 0.1) is 6.92 Å². The Balaban J connectivity index is 1.51. The van der Waals surface area contributed by atoms with E-state index in [1.54, 1.807) is 18.2 Å². The van der Waals surface area contributed by atoms with Crippen LogP contribution in [-0.4, -0.2) is 53.2 Å². The van der Waals surface area contributed by atoms with Crippen molar-refractivity contribution >= 4 is 16.8 Å². The number of para-hydroxylation sites is 1. The number of carbonyl (C=O) groups is 1. The van der Waals surface area contributed by atoms with Gasteiger partial charge in [-0.3, -0.25) is 19.1 Å². The number of hydrogen-bond acceptors (Lipinski definition) is 5. The molecule has 4 rings (SSSR count). The number of aryl methyl sites for hydroxylation is 1. The Labute approximate surface area is 175 Å². The first-order valence-corrected chi connectivity index (χ1v) is 10.2. The second kappa shape index (κ2) is 9.19. The zero-order valence-electron chi connectivity index (χ0n) is 17.1. The Morgan fingerprint density at radius 1 is 1.13 bits per heavy atom. The molecular weight excluding hydrogens is 380 g/mol. The van der Waals surface area contributed by atoms with Crippen LogP contribution in [0.3, 0.4) is 0 Å². The highest BCUT2D eigenvalue weighted by atomic mass is 16.5. The van der Waals surface area contributed by atoms with Gasteiger partial charge in [0, 0.05) is 19.6 Å². The topological polar surface area (TPSA) is 76.5 Å². The molecule has 1 aliphatic heterocycles. The second-order valence-electron chi connectivity index (χ2n) is 7.64. The summed E-state index contributed by atoms with van der Waals surface area (Å²) >= 11 is 0. The van der Waals surface area contributed by atoms with Gasteiger partial charge in [-0.25, -0.2) is 4.98 Å². The van der Waals surface area contributed by atoms with Gasteiger partial charge in [-0.05, 0) is 24.6 Å². The number of morpholine rings is 1. The van der Waals surface area contributed by atoms with Crippen LogP contribution < -0.4 is 10.9 Å². The van der Waals surface area contributed by atoms with Crippen LogP contribution in [0.15, 0.2) is 59.7 Å². The number of rotatable bonds is 6. The molecule has 7 nitrogen and oxygen atoms in total. The minimum atomic E-state index is -0.215. The molecule has 1 atom stereocenters. The highest BCUT2D eigenvalue weighted by Gasteiger charge is 2.20. The number of carbonyl (C=O) groups excluding carboxylic acids is 1. The van der Waals surface area contributed by atoms with Gasteiger partial charge in [0.1, 0.15) is 6.54 Å². The molecule has 0 spiro atoms. The van der Waals surface area contributed by atoms with E-state index in [4.69, 9.17) is 4.74 Å². The number of aromatic nitrogens is 2.